The first-order chi connectivity index (χ1) is 7.59. The van der Waals surface area contributed by atoms with Crippen molar-refractivity contribution in [2.75, 3.05) is 0 Å². The summed E-state index contributed by atoms with van der Waals surface area (Å²) < 4.78 is 3.00. The van der Waals surface area contributed by atoms with Gasteiger partial charge in [0, 0.05) is 18.1 Å². The fourth-order valence-corrected chi connectivity index (χ4v) is 3.94. The van der Waals surface area contributed by atoms with Gasteiger partial charge in [-0.25, -0.2) is 0 Å². The molecule has 1 aromatic carbocycles. The van der Waals surface area contributed by atoms with Crippen LogP contribution < -0.4 is 0 Å². The molecule has 1 atom stereocenters. The van der Waals surface area contributed by atoms with Gasteiger partial charge < -0.3 is 5.11 Å². The van der Waals surface area contributed by atoms with Crippen molar-refractivity contribution < 1.29 is 5.11 Å². The second-order valence-corrected chi connectivity index (χ2v) is 7.10. The standard InChI is InChI=1S/C11H7Br2IOS/c12-8-2-1-6(14)5-7(8)10(15)11-9(13)3-4-16-11/h1-5,10,15H. The number of hydrogen-bond acceptors (Lipinski definition) is 2. The van der Waals surface area contributed by atoms with Crippen molar-refractivity contribution in [3.63, 3.8) is 0 Å². The molecule has 0 spiro atoms. The van der Waals surface area contributed by atoms with Gasteiger partial charge in [0.2, 0.25) is 0 Å². The summed E-state index contributed by atoms with van der Waals surface area (Å²) in [6, 6.07) is 7.90. The zero-order valence-corrected chi connectivity index (χ0v) is 14.1. The minimum atomic E-state index is -0.585. The smallest absolute Gasteiger partial charge is 0.115 e. The third kappa shape index (κ3) is 2.69. The first-order valence-corrected chi connectivity index (χ1v) is 8.00. The van der Waals surface area contributed by atoms with Gasteiger partial charge in [-0.05, 0) is 68.2 Å². The Morgan fingerprint density at radius 2 is 1.94 bits per heavy atom. The van der Waals surface area contributed by atoms with Crippen LogP contribution in [0.5, 0.6) is 0 Å². The Morgan fingerprint density at radius 3 is 2.56 bits per heavy atom. The number of thiophene rings is 1. The van der Waals surface area contributed by atoms with Crippen LogP contribution in [0.1, 0.15) is 16.5 Å². The van der Waals surface area contributed by atoms with Gasteiger partial charge in [0.25, 0.3) is 0 Å². The van der Waals surface area contributed by atoms with Crippen molar-refractivity contribution in [2.24, 2.45) is 0 Å². The minimum Gasteiger partial charge on any atom is -0.383 e. The summed E-state index contributed by atoms with van der Waals surface area (Å²) in [6.45, 7) is 0. The van der Waals surface area contributed by atoms with Crippen LogP contribution in [0.15, 0.2) is 38.6 Å². The van der Waals surface area contributed by atoms with Crippen molar-refractivity contribution >= 4 is 65.8 Å². The van der Waals surface area contributed by atoms with Crippen LogP contribution in [0.25, 0.3) is 0 Å². The Labute approximate surface area is 128 Å². The Bertz CT molecular complexity index is 512. The van der Waals surface area contributed by atoms with Gasteiger partial charge in [-0.3, -0.25) is 0 Å². The predicted octanol–water partition coefficient (Wildman–Crippen LogP) is 4.96. The molecule has 2 rings (SSSR count). The summed E-state index contributed by atoms with van der Waals surface area (Å²) in [5.41, 5.74) is 0.898. The van der Waals surface area contributed by atoms with Gasteiger partial charge in [-0.15, -0.1) is 11.3 Å². The van der Waals surface area contributed by atoms with Crippen molar-refractivity contribution in [3.05, 3.63) is 52.6 Å². The number of hydrogen-bond donors (Lipinski definition) is 1. The Kier molecular flexibility index (Phi) is 4.45. The van der Waals surface area contributed by atoms with Crippen molar-refractivity contribution in [2.45, 2.75) is 6.10 Å². The summed E-state index contributed by atoms with van der Waals surface area (Å²) in [5.74, 6) is 0. The van der Waals surface area contributed by atoms with E-state index in [1.807, 2.05) is 29.6 Å². The molecule has 1 aromatic heterocycles. The molecule has 1 nitrogen and oxygen atoms in total. The zero-order chi connectivity index (χ0) is 11.7. The van der Waals surface area contributed by atoms with Crippen LogP contribution >= 0.6 is 65.8 Å². The lowest BCUT2D eigenvalue weighted by Crippen LogP contribution is -1.99. The fourth-order valence-electron chi connectivity index (χ4n) is 1.37. The van der Waals surface area contributed by atoms with Gasteiger partial charge in [0.15, 0.2) is 0 Å². The molecule has 84 valence electrons. The molecule has 0 aliphatic carbocycles. The normalized spacial score (nSPS) is 12.8. The van der Waals surface area contributed by atoms with Crippen LogP contribution in [-0.2, 0) is 0 Å². The largest absolute Gasteiger partial charge is 0.383 e. The second-order valence-electron chi connectivity index (χ2n) is 3.20. The first kappa shape index (κ1) is 13.0. The highest BCUT2D eigenvalue weighted by Gasteiger charge is 2.17. The molecule has 0 radical (unpaired) electrons. The molecule has 0 aliphatic heterocycles. The lowest BCUT2D eigenvalue weighted by atomic mass is 10.1. The maximum absolute atomic E-state index is 10.3. The quantitative estimate of drug-likeness (QED) is 0.611. The van der Waals surface area contributed by atoms with Crippen LogP contribution in [0.3, 0.4) is 0 Å². The number of aliphatic hydroxyl groups excluding tert-OH is 1. The molecular formula is C11H7Br2IOS. The lowest BCUT2D eigenvalue weighted by Gasteiger charge is -2.12. The Hall–Kier alpha value is 0.570. The first-order valence-electron chi connectivity index (χ1n) is 4.45. The predicted molar refractivity (Wildman–Crippen MR) is 82.9 cm³/mol. The third-order valence-corrected chi connectivity index (χ3v) is 5.46. The van der Waals surface area contributed by atoms with E-state index in [1.54, 1.807) is 11.3 Å². The SMILES string of the molecule is OC(c1cc(I)ccc1Br)c1sccc1Br. The summed E-state index contributed by atoms with van der Waals surface area (Å²) in [6.07, 6.45) is -0.585. The summed E-state index contributed by atoms with van der Waals surface area (Å²) in [4.78, 5) is 0.933. The Morgan fingerprint density at radius 1 is 1.19 bits per heavy atom. The van der Waals surface area contributed by atoms with Crippen molar-refractivity contribution in [3.8, 4) is 0 Å². The number of halogens is 3. The monoisotopic (exact) mass is 472 g/mol. The van der Waals surface area contributed by atoms with Crippen molar-refractivity contribution in [1.29, 1.82) is 0 Å². The molecule has 0 saturated carbocycles. The van der Waals surface area contributed by atoms with Gasteiger partial charge in [-0.1, -0.05) is 15.9 Å². The van der Waals surface area contributed by atoms with Gasteiger partial charge in [-0.2, -0.15) is 0 Å². The maximum Gasteiger partial charge on any atom is 0.115 e. The summed E-state index contributed by atoms with van der Waals surface area (Å²) >= 11 is 10.7. The molecule has 1 heterocycles. The summed E-state index contributed by atoms with van der Waals surface area (Å²) in [7, 11) is 0. The van der Waals surface area contributed by atoms with Crippen LogP contribution in [0, 0.1) is 3.57 Å². The zero-order valence-electron chi connectivity index (χ0n) is 7.95. The third-order valence-electron chi connectivity index (χ3n) is 2.15. The molecule has 0 aliphatic rings. The molecule has 2 aromatic rings. The topological polar surface area (TPSA) is 20.2 Å². The van der Waals surface area contributed by atoms with Crippen LogP contribution in [0.4, 0.5) is 0 Å². The number of aliphatic hydroxyl groups is 1. The highest BCUT2D eigenvalue weighted by Crippen LogP contribution is 2.36. The maximum atomic E-state index is 10.3. The summed E-state index contributed by atoms with van der Waals surface area (Å²) in [5, 5.41) is 12.3. The second kappa shape index (κ2) is 5.48. The van der Waals surface area contributed by atoms with E-state index in [9.17, 15) is 5.11 Å². The van der Waals surface area contributed by atoms with E-state index in [0.717, 1.165) is 23.0 Å². The van der Waals surface area contributed by atoms with Gasteiger partial charge >= 0.3 is 0 Å². The minimum absolute atomic E-state index is 0.585. The van der Waals surface area contributed by atoms with Gasteiger partial charge in [0.1, 0.15) is 6.10 Å². The molecule has 0 fully saturated rings. The van der Waals surface area contributed by atoms with Crippen LogP contribution in [0.2, 0.25) is 0 Å². The molecule has 0 saturated heterocycles. The van der Waals surface area contributed by atoms with E-state index < -0.39 is 6.10 Å². The highest BCUT2D eigenvalue weighted by atomic mass is 127. The average Bonchev–Trinajstić information content (AvgIpc) is 2.67. The van der Waals surface area contributed by atoms with E-state index in [1.165, 1.54) is 0 Å². The molecule has 1 unspecified atom stereocenters. The highest BCUT2D eigenvalue weighted by molar-refractivity contribution is 14.1. The van der Waals surface area contributed by atoms with E-state index in [4.69, 9.17) is 0 Å². The molecule has 0 amide bonds. The van der Waals surface area contributed by atoms with E-state index in [0.29, 0.717) is 0 Å². The molecule has 1 N–H and O–H groups in total. The average molecular weight is 474 g/mol. The molecule has 5 heteroatoms. The van der Waals surface area contributed by atoms with Gasteiger partial charge in [0.05, 0.1) is 4.88 Å². The Balaban J connectivity index is 2.45. The number of benzene rings is 1. The fraction of sp³-hybridized carbons (Fsp3) is 0.0909. The van der Waals surface area contributed by atoms with E-state index in [-0.39, 0.29) is 0 Å². The van der Waals surface area contributed by atoms with Crippen molar-refractivity contribution in [1.82, 2.24) is 0 Å². The molecule has 0 bridgehead atoms. The lowest BCUT2D eigenvalue weighted by molar-refractivity contribution is 0.222. The molecular weight excluding hydrogens is 467 g/mol. The van der Waals surface area contributed by atoms with E-state index >= 15 is 0 Å². The van der Waals surface area contributed by atoms with Crippen LogP contribution in [-0.4, -0.2) is 5.11 Å². The number of rotatable bonds is 2. The molecule has 16 heavy (non-hydrogen) atoms. The van der Waals surface area contributed by atoms with E-state index in [2.05, 4.69) is 54.5 Å².